The van der Waals surface area contributed by atoms with E-state index in [1.165, 1.54) is 37.2 Å². The van der Waals surface area contributed by atoms with Gasteiger partial charge in [0.25, 0.3) is 0 Å². The molecular weight excluding hydrogens is 248 g/mol. The summed E-state index contributed by atoms with van der Waals surface area (Å²) in [4.78, 5) is 5.13. The van der Waals surface area contributed by atoms with Gasteiger partial charge in [-0.1, -0.05) is 0 Å². The van der Waals surface area contributed by atoms with Crippen LogP contribution in [0.2, 0.25) is 0 Å². The Morgan fingerprint density at radius 2 is 1.85 bits per heavy atom. The molecule has 0 aromatic carbocycles. The highest BCUT2D eigenvalue weighted by atomic mass is 15.3. The van der Waals surface area contributed by atoms with E-state index in [1.54, 1.807) is 0 Å². The average molecular weight is 276 g/mol. The van der Waals surface area contributed by atoms with Gasteiger partial charge in [-0.25, -0.2) is 0 Å². The first-order chi connectivity index (χ1) is 9.54. The summed E-state index contributed by atoms with van der Waals surface area (Å²) in [5.74, 6) is 0. The van der Waals surface area contributed by atoms with E-state index in [4.69, 9.17) is 0 Å². The van der Waals surface area contributed by atoms with Crippen molar-refractivity contribution in [3.63, 3.8) is 0 Å². The Kier molecular flexibility index (Phi) is 3.87. The first kappa shape index (κ1) is 14.1. The van der Waals surface area contributed by atoms with Gasteiger partial charge in [-0.15, -0.1) is 0 Å². The fourth-order valence-corrected chi connectivity index (χ4v) is 3.40. The van der Waals surface area contributed by atoms with E-state index in [2.05, 4.69) is 46.5 Å². The third kappa shape index (κ3) is 2.91. The molecule has 3 rings (SSSR count). The van der Waals surface area contributed by atoms with Crippen molar-refractivity contribution >= 4 is 0 Å². The Hall–Kier alpha value is -0.870. The maximum Gasteiger partial charge on any atom is 0.0539 e. The molecule has 2 aliphatic heterocycles. The van der Waals surface area contributed by atoms with Gasteiger partial charge in [0.15, 0.2) is 0 Å². The molecule has 0 spiro atoms. The summed E-state index contributed by atoms with van der Waals surface area (Å²) in [6, 6.07) is 0. The Morgan fingerprint density at radius 3 is 2.55 bits per heavy atom. The lowest BCUT2D eigenvalue weighted by Crippen LogP contribution is -2.44. The van der Waals surface area contributed by atoms with Crippen molar-refractivity contribution < 1.29 is 0 Å². The zero-order valence-electron chi connectivity index (χ0n) is 13.2. The summed E-state index contributed by atoms with van der Waals surface area (Å²) >= 11 is 0. The van der Waals surface area contributed by atoms with Gasteiger partial charge in [-0.2, -0.15) is 5.10 Å². The number of aromatic nitrogens is 2. The summed E-state index contributed by atoms with van der Waals surface area (Å²) in [7, 11) is 0. The predicted molar refractivity (Wildman–Crippen MR) is 81.8 cm³/mol. The molecule has 0 saturated carbocycles. The lowest BCUT2D eigenvalue weighted by atomic mass is 10.00. The summed E-state index contributed by atoms with van der Waals surface area (Å²) in [6.07, 6.45) is 5.99. The maximum absolute atomic E-state index is 4.64. The summed E-state index contributed by atoms with van der Waals surface area (Å²) in [5.41, 5.74) is 3.17. The molecule has 0 amide bonds. The molecule has 112 valence electrons. The van der Waals surface area contributed by atoms with E-state index in [0.717, 1.165) is 32.6 Å². The van der Waals surface area contributed by atoms with Crippen LogP contribution in [0.4, 0.5) is 0 Å². The smallest absolute Gasteiger partial charge is 0.0539 e. The molecule has 1 saturated heterocycles. The molecule has 4 heteroatoms. The first-order valence-electron chi connectivity index (χ1n) is 8.05. The van der Waals surface area contributed by atoms with Gasteiger partial charge < -0.3 is 4.90 Å². The van der Waals surface area contributed by atoms with Crippen molar-refractivity contribution in [3.05, 3.63) is 17.5 Å². The molecule has 0 bridgehead atoms. The highest BCUT2D eigenvalue weighted by Crippen LogP contribution is 2.24. The van der Waals surface area contributed by atoms with Gasteiger partial charge in [0.2, 0.25) is 0 Å². The Labute approximate surface area is 122 Å². The molecule has 1 aromatic heterocycles. The van der Waals surface area contributed by atoms with Crippen LogP contribution in [0.3, 0.4) is 0 Å². The second-order valence-electron chi connectivity index (χ2n) is 7.23. The zero-order valence-corrected chi connectivity index (χ0v) is 13.2. The van der Waals surface area contributed by atoms with Crippen LogP contribution in [-0.4, -0.2) is 51.3 Å². The fraction of sp³-hybridized carbons (Fsp3) is 0.812. The van der Waals surface area contributed by atoms with Crippen molar-refractivity contribution in [3.8, 4) is 0 Å². The SMILES string of the molecule is CC(C)(C)N1CCc2c(cnn2CCN2CCCC2)C1. The highest BCUT2D eigenvalue weighted by molar-refractivity contribution is 5.21. The number of nitrogens with zero attached hydrogens (tertiary/aromatic N) is 4. The van der Waals surface area contributed by atoms with Crippen LogP contribution in [0.25, 0.3) is 0 Å². The normalized spacial score (nSPS) is 21.4. The average Bonchev–Trinajstić information content (AvgIpc) is 3.04. The van der Waals surface area contributed by atoms with E-state index in [0.29, 0.717) is 0 Å². The van der Waals surface area contributed by atoms with Crippen molar-refractivity contribution in [1.29, 1.82) is 0 Å². The third-order valence-electron chi connectivity index (χ3n) is 4.79. The van der Waals surface area contributed by atoms with Crippen LogP contribution >= 0.6 is 0 Å². The number of hydrogen-bond donors (Lipinski definition) is 0. The van der Waals surface area contributed by atoms with Crippen LogP contribution in [0.15, 0.2) is 6.20 Å². The molecule has 0 N–H and O–H groups in total. The Morgan fingerprint density at radius 1 is 1.10 bits per heavy atom. The number of fused-ring (bicyclic) bond motifs is 1. The quantitative estimate of drug-likeness (QED) is 0.845. The number of likely N-dealkylation sites (tertiary alicyclic amines) is 1. The van der Waals surface area contributed by atoms with Crippen LogP contribution in [0.5, 0.6) is 0 Å². The molecule has 3 heterocycles. The topological polar surface area (TPSA) is 24.3 Å². The lowest BCUT2D eigenvalue weighted by molar-refractivity contribution is 0.119. The van der Waals surface area contributed by atoms with E-state index in [9.17, 15) is 0 Å². The van der Waals surface area contributed by atoms with Gasteiger partial charge in [0, 0.05) is 42.9 Å². The summed E-state index contributed by atoms with van der Waals surface area (Å²) < 4.78 is 2.26. The van der Waals surface area contributed by atoms with Gasteiger partial charge in [0.05, 0.1) is 12.7 Å². The van der Waals surface area contributed by atoms with Crippen LogP contribution in [0, 0.1) is 0 Å². The van der Waals surface area contributed by atoms with Crippen molar-refractivity contribution in [1.82, 2.24) is 19.6 Å². The largest absolute Gasteiger partial charge is 0.301 e. The minimum atomic E-state index is 0.259. The summed E-state index contributed by atoms with van der Waals surface area (Å²) in [6.45, 7) is 13.9. The van der Waals surface area contributed by atoms with Gasteiger partial charge in [-0.05, 0) is 46.7 Å². The molecule has 0 radical (unpaired) electrons. The minimum Gasteiger partial charge on any atom is -0.301 e. The van der Waals surface area contributed by atoms with E-state index < -0.39 is 0 Å². The highest BCUT2D eigenvalue weighted by Gasteiger charge is 2.27. The third-order valence-corrected chi connectivity index (χ3v) is 4.79. The molecular formula is C16H28N4. The van der Waals surface area contributed by atoms with Gasteiger partial charge >= 0.3 is 0 Å². The molecule has 0 aliphatic carbocycles. The van der Waals surface area contributed by atoms with Gasteiger partial charge in [-0.3, -0.25) is 9.58 Å². The van der Waals surface area contributed by atoms with Crippen molar-refractivity contribution in [2.45, 2.75) is 58.7 Å². The predicted octanol–water partition coefficient (Wildman–Crippen LogP) is 2.14. The number of rotatable bonds is 3. The first-order valence-corrected chi connectivity index (χ1v) is 8.05. The van der Waals surface area contributed by atoms with Gasteiger partial charge in [0.1, 0.15) is 0 Å². The summed E-state index contributed by atoms with van der Waals surface area (Å²) in [5, 5.41) is 4.64. The lowest BCUT2D eigenvalue weighted by Gasteiger charge is -2.38. The molecule has 0 unspecified atom stereocenters. The number of hydrogen-bond acceptors (Lipinski definition) is 3. The van der Waals surface area contributed by atoms with Crippen molar-refractivity contribution in [2.75, 3.05) is 26.2 Å². The molecule has 1 aromatic rings. The second-order valence-corrected chi connectivity index (χ2v) is 7.23. The maximum atomic E-state index is 4.64. The second kappa shape index (κ2) is 5.49. The molecule has 4 nitrogen and oxygen atoms in total. The molecule has 2 aliphatic rings. The molecule has 1 fully saturated rings. The zero-order chi connectivity index (χ0) is 14.2. The van der Waals surface area contributed by atoms with Crippen LogP contribution in [-0.2, 0) is 19.5 Å². The van der Waals surface area contributed by atoms with Crippen molar-refractivity contribution in [2.24, 2.45) is 0 Å². The fourth-order valence-electron chi connectivity index (χ4n) is 3.40. The van der Waals surface area contributed by atoms with Crippen LogP contribution < -0.4 is 0 Å². The van der Waals surface area contributed by atoms with Crippen LogP contribution in [0.1, 0.15) is 44.9 Å². The minimum absolute atomic E-state index is 0.259. The van der Waals surface area contributed by atoms with E-state index >= 15 is 0 Å². The molecule has 0 atom stereocenters. The molecule has 20 heavy (non-hydrogen) atoms. The Balaban J connectivity index is 1.63. The Bertz CT molecular complexity index is 452. The van der Waals surface area contributed by atoms with E-state index in [-0.39, 0.29) is 5.54 Å². The monoisotopic (exact) mass is 276 g/mol. The van der Waals surface area contributed by atoms with E-state index in [1.807, 2.05) is 0 Å². The standard InChI is InChI=1S/C16H28N4/c1-16(2,3)19-9-6-15-14(13-19)12-17-20(15)11-10-18-7-4-5-8-18/h12H,4-11,13H2,1-3H3.